The molecular weight excluding hydrogens is 252 g/mol. The van der Waals surface area contributed by atoms with Crippen molar-refractivity contribution in [3.63, 3.8) is 0 Å². The summed E-state index contributed by atoms with van der Waals surface area (Å²) >= 11 is 0. The van der Waals surface area contributed by atoms with Gasteiger partial charge in [0, 0.05) is 5.39 Å². The molecule has 0 saturated carbocycles. The first-order valence-corrected chi connectivity index (χ1v) is 6.31. The van der Waals surface area contributed by atoms with E-state index in [1.165, 1.54) is 0 Å². The van der Waals surface area contributed by atoms with Crippen LogP contribution in [-0.2, 0) is 0 Å². The number of phenols is 1. The lowest BCUT2D eigenvalue weighted by molar-refractivity contribution is -0.614. The molecule has 4 nitrogen and oxygen atoms in total. The molecule has 0 radical (unpaired) electrons. The van der Waals surface area contributed by atoms with E-state index in [9.17, 15) is 9.90 Å². The Labute approximate surface area is 114 Å². The van der Waals surface area contributed by atoms with Crippen LogP contribution in [0.4, 0.5) is 0 Å². The summed E-state index contributed by atoms with van der Waals surface area (Å²) in [6.45, 7) is 0. The first-order chi connectivity index (χ1) is 9.74. The summed E-state index contributed by atoms with van der Waals surface area (Å²) in [4.78, 5) is 12.5. The predicted molar refractivity (Wildman–Crippen MR) is 75.6 cm³/mol. The number of aromatic hydroxyl groups is 1. The molecule has 96 valence electrons. The van der Waals surface area contributed by atoms with Crippen LogP contribution >= 0.6 is 0 Å². The van der Waals surface area contributed by atoms with Gasteiger partial charge in [-0.3, -0.25) is 0 Å². The maximum Gasteiger partial charge on any atom is 0.508 e. The van der Waals surface area contributed by atoms with Gasteiger partial charge in [0.05, 0.1) is 5.39 Å². The number of nitrogens with zero attached hydrogens (tertiary/aromatic N) is 2. The van der Waals surface area contributed by atoms with Crippen LogP contribution in [0.2, 0.25) is 0 Å². The standard InChI is InChI=1S/C16H10N2O2/c19-14-8-11-6-7-17-15(11)12(9-14)10-18(16(17)20)13-4-2-1-3-5-13/h1-10H/p+1. The molecule has 0 amide bonds. The van der Waals surface area contributed by atoms with Gasteiger partial charge in [0.1, 0.15) is 23.8 Å². The molecule has 2 heterocycles. The zero-order valence-electron chi connectivity index (χ0n) is 10.5. The number of para-hydroxylation sites is 1. The van der Waals surface area contributed by atoms with Crippen molar-refractivity contribution in [3.8, 4) is 11.4 Å². The molecule has 0 unspecified atom stereocenters. The summed E-state index contributed by atoms with van der Waals surface area (Å²) in [6.07, 6.45) is 3.50. The average Bonchev–Trinajstić information content (AvgIpc) is 2.88. The van der Waals surface area contributed by atoms with Crippen molar-refractivity contribution in [1.82, 2.24) is 4.40 Å². The third-order valence-electron chi connectivity index (χ3n) is 3.51. The van der Waals surface area contributed by atoms with E-state index in [2.05, 4.69) is 0 Å². The maximum atomic E-state index is 12.5. The molecule has 0 aliphatic heterocycles. The molecule has 4 aromatic rings. The zero-order valence-corrected chi connectivity index (χ0v) is 10.5. The highest BCUT2D eigenvalue weighted by Crippen LogP contribution is 2.25. The predicted octanol–water partition coefficient (Wildman–Crippen LogP) is 1.87. The quantitative estimate of drug-likeness (QED) is 0.533. The van der Waals surface area contributed by atoms with E-state index in [1.54, 1.807) is 33.5 Å². The minimum Gasteiger partial charge on any atom is -0.508 e. The van der Waals surface area contributed by atoms with E-state index >= 15 is 0 Å². The molecule has 0 spiro atoms. The van der Waals surface area contributed by atoms with Crippen LogP contribution in [0.25, 0.3) is 22.0 Å². The van der Waals surface area contributed by atoms with Gasteiger partial charge in [0.2, 0.25) is 0 Å². The lowest BCUT2D eigenvalue weighted by Gasteiger charge is -2.01. The molecule has 0 saturated heterocycles. The third kappa shape index (κ3) is 1.42. The number of hydrogen-bond donors (Lipinski definition) is 1. The van der Waals surface area contributed by atoms with Crippen molar-refractivity contribution in [2.24, 2.45) is 0 Å². The summed E-state index contributed by atoms with van der Waals surface area (Å²) in [5.41, 5.74) is 1.51. The zero-order chi connectivity index (χ0) is 13.7. The molecule has 0 fully saturated rings. The Kier molecular flexibility index (Phi) is 2.09. The largest absolute Gasteiger partial charge is 0.508 e. The van der Waals surface area contributed by atoms with E-state index in [-0.39, 0.29) is 11.4 Å². The maximum absolute atomic E-state index is 12.5. The van der Waals surface area contributed by atoms with Crippen molar-refractivity contribution in [1.29, 1.82) is 0 Å². The molecular formula is C16H11N2O2+. The SMILES string of the molecule is O=c1n2ccc3cc(O)cc(c[n+]1-c1ccccc1)c32. The van der Waals surface area contributed by atoms with Crippen LogP contribution in [0.3, 0.4) is 0 Å². The normalized spacial score (nSPS) is 11.4. The number of rotatable bonds is 1. The second kappa shape index (κ2) is 3.81. The molecule has 0 aliphatic rings. The van der Waals surface area contributed by atoms with E-state index in [1.807, 2.05) is 36.4 Å². The van der Waals surface area contributed by atoms with E-state index in [0.29, 0.717) is 0 Å². The highest BCUT2D eigenvalue weighted by atomic mass is 16.3. The number of phenolic OH excluding ortho intramolecular Hbond substituents is 1. The molecule has 4 rings (SSSR count). The Morgan fingerprint density at radius 2 is 1.75 bits per heavy atom. The Bertz CT molecular complexity index is 974. The van der Waals surface area contributed by atoms with Crippen LogP contribution in [0.15, 0.2) is 65.7 Å². The molecule has 4 heteroatoms. The van der Waals surface area contributed by atoms with Gasteiger partial charge in [-0.2, -0.15) is 13.8 Å². The van der Waals surface area contributed by atoms with Crippen LogP contribution in [0.5, 0.6) is 5.75 Å². The van der Waals surface area contributed by atoms with Gasteiger partial charge >= 0.3 is 5.69 Å². The monoisotopic (exact) mass is 263 g/mol. The summed E-state index contributed by atoms with van der Waals surface area (Å²) < 4.78 is 3.19. The van der Waals surface area contributed by atoms with Gasteiger partial charge in [-0.1, -0.05) is 18.2 Å². The van der Waals surface area contributed by atoms with E-state index < -0.39 is 0 Å². The summed E-state index contributed by atoms with van der Waals surface area (Å²) in [5, 5.41) is 11.5. The van der Waals surface area contributed by atoms with E-state index in [0.717, 1.165) is 22.0 Å². The summed E-state index contributed by atoms with van der Waals surface area (Å²) in [6, 6.07) is 14.6. The number of hydrogen-bond acceptors (Lipinski definition) is 2. The van der Waals surface area contributed by atoms with Crippen molar-refractivity contribution in [2.75, 3.05) is 0 Å². The first kappa shape index (κ1) is 11.0. The Morgan fingerprint density at radius 3 is 2.55 bits per heavy atom. The van der Waals surface area contributed by atoms with Gasteiger partial charge < -0.3 is 5.11 Å². The summed E-state index contributed by atoms with van der Waals surface area (Å²) in [5.74, 6) is 0.198. The van der Waals surface area contributed by atoms with Crippen LogP contribution in [-0.4, -0.2) is 9.51 Å². The fraction of sp³-hybridized carbons (Fsp3) is 0. The van der Waals surface area contributed by atoms with Crippen molar-refractivity contribution in [3.05, 3.63) is 71.4 Å². The fourth-order valence-corrected chi connectivity index (χ4v) is 2.64. The Morgan fingerprint density at radius 1 is 1.00 bits per heavy atom. The average molecular weight is 263 g/mol. The van der Waals surface area contributed by atoms with Crippen LogP contribution < -0.4 is 10.3 Å². The lowest BCUT2D eigenvalue weighted by Crippen LogP contribution is -2.50. The van der Waals surface area contributed by atoms with Gasteiger partial charge in [-0.05, 0) is 30.3 Å². The van der Waals surface area contributed by atoms with Crippen molar-refractivity contribution in [2.45, 2.75) is 0 Å². The lowest BCUT2D eigenvalue weighted by atomic mass is 10.2. The van der Waals surface area contributed by atoms with Gasteiger partial charge in [-0.25, -0.2) is 0 Å². The minimum atomic E-state index is -0.121. The third-order valence-corrected chi connectivity index (χ3v) is 3.51. The van der Waals surface area contributed by atoms with Gasteiger partial charge in [-0.15, -0.1) is 0 Å². The second-order valence-corrected chi connectivity index (χ2v) is 4.78. The van der Waals surface area contributed by atoms with Gasteiger partial charge in [0.15, 0.2) is 5.52 Å². The highest BCUT2D eigenvalue weighted by Gasteiger charge is 2.18. The molecule has 2 aromatic heterocycles. The second-order valence-electron chi connectivity index (χ2n) is 4.78. The molecule has 0 atom stereocenters. The number of aromatic nitrogens is 2. The molecule has 2 aromatic carbocycles. The molecule has 0 bridgehead atoms. The summed E-state index contributed by atoms with van der Waals surface area (Å²) in [7, 11) is 0. The number of benzene rings is 2. The van der Waals surface area contributed by atoms with Crippen LogP contribution in [0.1, 0.15) is 0 Å². The molecule has 1 N–H and O–H groups in total. The molecule has 0 aliphatic carbocycles. The van der Waals surface area contributed by atoms with Crippen molar-refractivity contribution >= 4 is 16.3 Å². The molecule has 20 heavy (non-hydrogen) atoms. The first-order valence-electron chi connectivity index (χ1n) is 6.31. The topological polar surface area (TPSA) is 45.6 Å². The van der Waals surface area contributed by atoms with Crippen molar-refractivity contribution < 1.29 is 9.67 Å². The fourth-order valence-electron chi connectivity index (χ4n) is 2.64. The van der Waals surface area contributed by atoms with E-state index in [4.69, 9.17) is 0 Å². The smallest absolute Gasteiger partial charge is 0.508 e. The highest BCUT2D eigenvalue weighted by molar-refractivity contribution is 5.96. The Hall–Kier alpha value is -2.88. The van der Waals surface area contributed by atoms with Gasteiger partial charge in [0.25, 0.3) is 0 Å². The minimum absolute atomic E-state index is 0.121. The van der Waals surface area contributed by atoms with Crippen LogP contribution in [0, 0.1) is 0 Å². The Balaban J connectivity index is 2.18.